The number of hydrogen-bond acceptors (Lipinski definition) is 5. The zero-order valence-corrected chi connectivity index (χ0v) is 21.2. The molecule has 0 bridgehead atoms. The summed E-state index contributed by atoms with van der Waals surface area (Å²) in [4.78, 5) is 12.5. The summed E-state index contributed by atoms with van der Waals surface area (Å²) in [5.74, 6) is -0.461. The number of hydrogen-bond donors (Lipinski definition) is 1. The SMILES string of the molecule is Cc1ccc(S(=O)(=O)Oc2ccc(/C=C(\C#N)C(=O)Nc3cccc(I)c3)cc2Br)cc1. The number of benzene rings is 3. The van der Waals surface area contributed by atoms with E-state index in [0.717, 1.165) is 9.13 Å². The van der Waals surface area contributed by atoms with Crippen LogP contribution in [0.15, 0.2) is 81.7 Å². The van der Waals surface area contributed by atoms with Gasteiger partial charge in [0.15, 0.2) is 5.75 Å². The van der Waals surface area contributed by atoms with Crippen molar-refractivity contribution in [3.63, 3.8) is 0 Å². The second kappa shape index (κ2) is 10.3. The molecule has 6 nitrogen and oxygen atoms in total. The monoisotopic (exact) mass is 622 g/mol. The smallest absolute Gasteiger partial charge is 0.339 e. The molecule has 0 unspecified atom stereocenters. The van der Waals surface area contributed by atoms with Crippen LogP contribution in [0.2, 0.25) is 0 Å². The van der Waals surface area contributed by atoms with E-state index in [-0.39, 0.29) is 16.2 Å². The Hall–Kier alpha value is -2.68. The van der Waals surface area contributed by atoms with Gasteiger partial charge in [-0.2, -0.15) is 13.7 Å². The first-order chi connectivity index (χ1) is 15.2. The Kier molecular flexibility index (Phi) is 7.71. The van der Waals surface area contributed by atoms with E-state index in [9.17, 15) is 18.5 Å². The predicted octanol–water partition coefficient (Wildman–Crippen LogP) is 5.68. The third kappa shape index (κ3) is 6.18. The molecule has 0 radical (unpaired) electrons. The second-order valence-electron chi connectivity index (χ2n) is 6.67. The first kappa shape index (κ1) is 24.0. The van der Waals surface area contributed by atoms with Crippen molar-refractivity contribution < 1.29 is 17.4 Å². The second-order valence-corrected chi connectivity index (χ2v) is 10.3. The highest BCUT2D eigenvalue weighted by molar-refractivity contribution is 14.1. The van der Waals surface area contributed by atoms with Crippen LogP contribution in [0, 0.1) is 21.8 Å². The maximum absolute atomic E-state index is 12.5. The van der Waals surface area contributed by atoms with E-state index in [1.54, 1.807) is 42.5 Å². The zero-order valence-electron chi connectivity index (χ0n) is 16.7. The summed E-state index contributed by atoms with van der Waals surface area (Å²) < 4.78 is 31.6. The van der Waals surface area contributed by atoms with E-state index < -0.39 is 16.0 Å². The van der Waals surface area contributed by atoms with Crippen LogP contribution in [0.25, 0.3) is 6.08 Å². The minimum atomic E-state index is -4.01. The number of halogens is 2. The average Bonchev–Trinajstić information content (AvgIpc) is 2.74. The fourth-order valence-electron chi connectivity index (χ4n) is 2.63. The topological polar surface area (TPSA) is 96.3 Å². The van der Waals surface area contributed by atoms with Gasteiger partial charge in [-0.3, -0.25) is 4.79 Å². The molecule has 0 aromatic heterocycles. The van der Waals surface area contributed by atoms with Crippen LogP contribution in [0.5, 0.6) is 5.75 Å². The molecule has 3 rings (SSSR count). The van der Waals surface area contributed by atoms with Gasteiger partial charge in [-0.05, 0) is 99.5 Å². The molecule has 0 fully saturated rings. The van der Waals surface area contributed by atoms with Crippen LogP contribution >= 0.6 is 38.5 Å². The van der Waals surface area contributed by atoms with Crippen LogP contribution in [-0.2, 0) is 14.9 Å². The van der Waals surface area contributed by atoms with Crippen molar-refractivity contribution in [1.29, 1.82) is 5.26 Å². The van der Waals surface area contributed by atoms with E-state index in [4.69, 9.17) is 4.18 Å². The molecule has 0 atom stereocenters. The Balaban J connectivity index is 1.80. The summed E-state index contributed by atoms with van der Waals surface area (Å²) >= 11 is 5.42. The molecule has 0 heterocycles. The Morgan fingerprint density at radius 2 is 1.84 bits per heavy atom. The molecule has 3 aromatic carbocycles. The first-order valence-corrected chi connectivity index (χ1v) is 12.5. The van der Waals surface area contributed by atoms with Gasteiger partial charge < -0.3 is 9.50 Å². The Bertz CT molecular complexity index is 1350. The number of anilines is 1. The summed E-state index contributed by atoms with van der Waals surface area (Å²) in [6.45, 7) is 1.86. The number of carbonyl (C=O) groups excluding carboxylic acids is 1. The summed E-state index contributed by atoms with van der Waals surface area (Å²) in [7, 11) is -4.01. The Labute approximate surface area is 208 Å². The van der Waals surface area contributed by atoms with Gasteiger partial charge in [-0.15, -0.1) is 0 Å². The van der Waals surface area contributed by atoms with Crippen LogP contribution in [-0.4, -0.2) is 14.3 Å². The number of nitrogens with one attached hydrogen (secondary N) is 1. The number of carbonyl (C=O) groups is 1. The Morgan fingerprint density at radius 3 is 2.47 bits per heavy atom. The summed E-state index contributed by atoms with van der Waals surface area (Å²) in [6.07, 6.45) is 1.41. The van der Waals surface area contributed by atoms with Crippen molar-refractivity contribution >= 4 is 66.3 Å². The highest BCUT2D eigenvalue weighted by Gasteiger charge is 2.18. The molecular formula is C23H16BrIN2O4S. The molecule has 162 valence electrons. The van der Waals surface area contributed by atoms with Crippen LogP contribution < -0.4 is 9.50 Å². The van der Waals surface area contributed by atoms with Gasteiger partial charge in [-0.1, -0.05) is 29.8 Å². The Morgan fingerprint density at radius 1 is 1.12 bits per heavy atom. The summed E-state index contributed by atoms with van der Waals surface area (Å²) in [5.41, 5.74) is 1.93. The third-order valence-electron chi connectivity index (χ3n) is 4.22. The molecule has 9 heteroatoms. The minimum absolute atomic E-state index is 0.0398. The van der Waals surface area contributed by atoms with Crippen LogP contribution in [0.1, 0.15) is 11.1 Å². The van der Waals surface area contributed by atoms with Gasteiger partial charge in [-0.25, -0.2) is 0 Å². The lowest BCUT2D eigenvalue weighted by Gasteiger charge is -2.10. The number of amides is 1. The number of aryl methyl sites for hydroxylation is 1. The number of nitriles is 1. The van der Waals surface area contributed by atoms with Crippen LogP contribution in [0.3, 0.4) is 0 Å². The fraction of sp³-hybridized carbons (Fsp3) is 0.0435. The standard InChI is InChI=1S/C23H16BrIN2O4S/c1-15-5-8-20(9-6-15)32(29,30)31-22-10-7-16(12-21(22)24)11-17(14-26)23(28)27-19-4-2-3-18(25)13-19/h2-13H,1H3,(H,27,28)/b17-11+. The van der Waals surface area contributed by atoms with Crippen molar-refractivity contribution in [3.8, 4) is 11.8 Å². The summed E-state index contributed by atoms with van der Waals surface area (Å²) in [6, 6.07) is 20.0. The van der Waals surface area contributed by atoms with Crippen molar-refractivity contribution in [2.75, 3.05) is 5.32 Å². The quantitative estimate of drug-likeness (QED) is 0.165. The molecule has 1 N–H and O–H groups in total. The fourth-order valence-corrected chi connectivity index (χ4v) is 4.70. The van der Waals surface area contributed by atoms with E-state index in [2.05, 4.69) is 43.8 Å². The van der Waals surface area contributed by atoms with Crippen LogP contribution in [0.4, 0.5) is 5.69 Å². The highest BCUT2D eigenvalue weighted by atomic mass is 127. The van der Waals surface area contributed by atoms with Gasteiger partial charge in [0.2, 0.25) is 0 Å². The predicted molar refractivity (Wildman–Crippen MR) is 135 cm³/mol. The normalized spacial score (nSPS) is 11.5. The van der Waals surface area contributed by atoms with Crippen molar-refractivity contribution in [2.24, 2.45) is 0 Å². The molecule has 0 saturated carbocycles. The maximum Gasteiger partial charge on any atom is 0.339 e. The molecule has 0 spiro atoms. The largest absolute Gasteiger partial charge is 0.378 e. The van der Waals surface area contributed by atoms with Crippen molar-refractivity contribution in [2.45, 2.75) is 11.8 Å². The molecule has 0 aliphatic rings. The maximum atomic E-state index is 12.5. The van der Waals surface area contributed by atoms with Gasteiger partial charge in [0, 0.05) is 9.26 Å². The third-order valence-corrected chi connectivity index (χ3v) is 6.76. The molecule has 32 heavy (non-hydrogen) atoms. The van der Waals surface area contributed by atoms with E-state index in [1.165, 1.54) is 24.3 Å². The lowest BCUT2D eigenvalue weighted by Crippen LogP contribution is -2.13. The molecule has 0 aliphatic carbocycles. The van der Waals surface area contributed by atoms with Gasteiger partial charge >= 0.3 is 10.1 Å². The lowest BCUT2D eigenvalue weighted by atomic mass is 10.1. The van der Waals surface area contributed by atoms with Gasteiger partial charge in [0.05, 0.1) is 4.47 Å². The van der Waals surface area contributed by atoms with E-state index in [1.807, 2.05) is 19.1 Å². The average molecular weight is 623 g/mol. The highest BCUT2D eigenvalue weighted by Crippen LogP contribution is 2.30. The number of rotatable bonds is 6. The van der Waals surface area contributed by atoms with E-state index >= 15 is 0 Å². The minimum Gasteiger partial charge on any atom is -0.378 e. The molecule has 0 aliphatic heterocycles. The molecule has 1 amide bonds. The zero-order chi connectivity index (χ0) is 23.3. The van der Waals surface area contributed by atoms with E-state index in [0.29, 0.717) is 15.7 Å². The van der Waals surface area contributed by atoms with Gasteiger partial charge in [0.25, 0.3) is 5.91 Å². The number of nitrogens with zero attached hydrogens (tertiary/aromatic N) is 1. The molecule has 3 aromatic rings. The van der Waals surface area contributed by atoms with Crippen molar-refractivity contribution in [1.82, 2.24) is 0 Å². The molecule has 0 saturated heterocycles. The van der Waals surface area contributed by atoms with Gasteiger partial charge in [0.1, 0.15) is 16.5 Å². The lowest BCUT2D eigenvalue weighted by molar-refractivity contribution is -0.112. The van der Waals surface area contributed by atoms with Crippen molar-refractivity contribution in [3.05, 3.63) is 91.5 Å². The molecular weight excluding hydrogens is 607 g/mol. The first-order valence-electron chi connectivity index (χ1n) is 9.17. The summed E-state index contributed by atoms with van der Waals surface area (Å²) in [5, 5.41) is 12.1.